The van der Waals surface area contributed by atoms with Gasteiger partial charge in [0.25, 0.3) is 0 Å². The third kappa shape index (κ3) is 3.48. The molecule has 2 aliphatic heterocycles. The predicted molar refractivity (Wildman–Crippen MR) is 93.9 cm³/mol. The molecule has 5 nitrogen and oxygen atoms in total. The molecule has 2 heterocycles. The van der Waals surface area contributed by atoms with Gasteiger partial charge in [0.05, 0.1) is 12.1 Å². The molecule has 130 valence electrons. The van der Waals surface area contributed by atoms with Crippen molar-refractivity contribution in [2.45, 2.75) is 69.2 Å². The Bertz CT molecular complexity index is 564. The first-order valence-electron chi connectivity index (χ1n) is 9.42. The van der Waals surface area contributed by atoms with Crippen LogP contribution in [0.25, 0.3) is 0 Å². The summed E-state index contributed by atoms with van der Waals surface area (Å²) in [6.07, 6.45) is 7.91. The Labute approximate surface area is 143 Å². The molecule has 0 bridgehead atoms. The van der Waals surface area contributed by atoms with Crippen molar-refractivity contribution < 1.29 is 4.79 Å². The van der Waals surface area contributed by atoms with Crippen LogP contribution >= 0.6 is 0 Å². The normalized spacial score (nSPS) is 36.2. The number of hydrogen-bond acceptors (Lipinski definition) is 4. The van der Waals surface area contributed by atoms with Crippen LogP contribution in [0.1, 0.15) is 56.6 Å². The number of hydrogen-bond donors (Lipinski definition) is 4. The van der Waals surface area contributed by atoms with Gasteiger partial charge in [0, 0.05) is 18.1 Å². The van der Waals surface area contributed by atoms with Gasteiger partial charge in [-0.25, -0.2) is 0 Å². The molecule has 1 aromatic rings. The zero-order chi connectivity index (χ0) is 16.4. The highest BCUT2D eigenvalue weighted by Gasteiger charge is 2.37. The summed E-state index contributed by atoms with van der Waals surface area (Å²) in [6.45, 7) is 0. The molecular formula is C19H28N4O. The number of fused-ring (bicyclic) bond motifs is 1. The summed E-state index contributed by atoms with van der Waals surface area (Å²) in [5, 5.41) is 6.86. The van der Waals surface area contributed by atoms with E-state index in [0.29, 0.717) is 18.1 Å². The Morgan fingerprint density at radius 1 is 1.00 bits per heavy atom. The van der Waals surface area contributed by atoms with Crippen LogP contribution in [0.2, 0.25) is 0 Å². The Kier molecular flexibility index (Phi) is 4.83. The van der Waals surface area contributed by atoms with Crippen molar-refractivity contribution in [1.82, 2.24) is 21.5 Å². The lowest BCUT2D eigenvalue weighted by Crippen LogP contribution is -2.62. The van der Waals surface area contributed by atoms with Crippen molar-refractivity contribution in [3.05, 3.63) is 35.9 Å². The van der Waals surface area contributed by atoms with E-state index in [1.54, 1.807) is 0 Å². The molecular weight excluding hydrogens is 300 g/mol. The van der Waals surface area contributed by atoms with Crippen LogP contribution < -0.4 is 21.5 Å². The molecule has 1 amide bonds. The van der Waals surface area contributed by atoms with E-state index in [0.717, 1.165) is 32.1 Å². The summed E-state index contributed by atoms with van der Waals surface area (Å²) in [5.41, 5.74) is 8.16. The maximum Gasteiger partial charge on any atom is 0.225 e. The molecule has 0 radical (unpaired) electrons. The largest absolute Gasteiger partial charge is 0.340 e. The predicted octanol–water partition coefficient (Wildman–Crippen LogP) is 1.98. The summed E-state index contributed by atoms with van der Waals surface area (Å²) in [6, 6.07) is 11.8. The molecule has 3 aliphatic rings. The van der Waals surface area contributed by atoms with Crippen molar-refractivity contribution in [2.75, 3.05) is 0 Å². The van der Waals surface area contributed by atoms with Gasteiger partial charge < -0.3 is 5.32 Å². The first-order chi connectivity index (χ1) is 11.8. The monoisotopic (exact) mass is 328 g/mol. The number of carbonyl (C=O) groups excluding carboxylic acids is 1. The van der Waals surface area contributed by atoms with Crippen LogP contribution in [0.3, 0.4) is 0 Å². The molecule has 0 spiro atoms. The highest BCUT2D eigenvalue weighted by molar-refractivity contribution is 5.80. The maximum atomic E-state index is 12.3. The molecule has 4 rings (SSSR count). The fourth-order valence-electron chi connectivity index (χ4n) is 4.46. The van der Waals surface area contributed by atoms with E-state index in [4.69, 9.17) is 0 Å². The van der Waals surface area contributed by atoms with E-state index in [1.165, 1.54) is 18.4 Å². The third-order valence-electron chi connectivity index (χ3n) is 5.82. The van der Waals surface area contributed by atoms with Gasteiger partial charge in [0.1, 0.15) is 0 Å². The van der Waals surface area contributed by atoms with E-state index in [-0.39, 0.29) is 18.0 Å². The number of rotatable bonds is 4. The molecule has 3 fully saturated rings. The second kappa shape index (κ2) is 7.21. The highest BCUT2D eigenvalue weighted by atomic mass is 16.2. The summed E-state index contributed by atoms with van der Waals surface area (Å²) in [4.78, 5) is 12.3. The molecule has 1 aliphatic carbocycles. The standard InChI is InChI=1S/C19H28N4O/c24-19-15-8-4-5-9-16(15)20-18(21-19)11-10-14-12-17(23-22-14)13-6-2-1-3-7-13/h1-3,6-7,14-18,20,22-23H,4-5,8-12H2,(H,21,24). The summed E-state index contributed by atoms with van der Waals surface area (Å²) < 4.78 is 0. The Hall–Kier alpha value is -1.43. The number of hydrazine groups is 1. The van der Waals surface area contributed by atoms with E-state index in [9.17, 15) is 4.79 Å². The summed E-state index contributed by atoms with van der Waals surface area (Å²) in [5.74, 6) is 0.465. The van der Waals surface area contributed by atoms with Crippen LogP contribution in [-0.2, 0) is 4.79 Å². The van der Waals surface area contributed by atoms with Crippen LogP contribution in [0.4, 0.5) is 0 Å². The fraction of sp³-hybridized carbons (Fsp3) is 0.632. The Balaban J connectivity index is 1.26. The van der Waals surface area contributed by atoms with E-state index < -0.39 is 0 Å². The van der Waals surface area contributed by atoms with Crippen LogP contribution in [0, 0.1) is 5.92 Å². The lowest BCUT2D eigenvalue weighted by molar-refractivity contribution is -0.130. The first-order valence-corrected chi connectivity index (χ1v) is 9.42. The van der Waals surface area contributed by atoms with Crippen LogP contribution in [-0.4, -0.2) is 24.2 Å². The van der Waals surface area contributed by atoms with Gasteiger partial charge in [-0.1, -0.05) is 43.2 Å². The Morgan fingerprint density at radius 3 is 2.71 bits per heavy atom. The molecule has 5 unspecified atom stereocenters. The van der Waals surface area contributed by atoms with E-state index in [1.807, 2.05) is 0 Å². The number of amides is 1. The molecule has 5 heteroatoms. The SMILES string of the molecule is O=C1NC(CCC2CC(c3ccccc3)NN2)NC2CCCCC12. The van der Waals surface area contributed by atoms with Gasteiger partial charge >= 0.3 is 0 Å². The van der Waals surface area contributed by atoms with Crippen molar-refractivity contribution in [3.63, 3.8) is 0 Å². The smallest absolute Gasteiger partial charge is 0.225 e. The molecule has 4 N–H and O–H groups in total. The zero-order valence-corrected chi connectivity index (χ0v) is 14.1. The van der Waals surface area contributed by atoms with Crippen LogP contribution in [0.5, 0.6) is 0 Å². The fourth-order valence-corrected chi connectivity index (χ4v) is 4.46. The van der Waals surface area contributed by atoms with E-state index in [2.05, 4.69) is 51.8 Å². The molecule has 0 aromatic heterocycles. The molecule has 5 atom stereocenters. The summed E-state index contributed by atoms with van der Waals surface area (Å²) >= 11 is 0. The number of nitrogens with one attached hydrogen (secondary N) is 4. The average Bonchev–Trinajstić information content (AvgIpc) is 3.10. The first kappa shape index (κ1) is 16.1. The number of carbonyl (C=O) groups is 1. The lowest BCUT2D eigenvalue weighted by Gasteiger charge is -2.40. The second-order valence-corrected chi connectivity index (χ2v) is 7.49. The van der Waals surface area contributed by atoms with Crippen molar-refractivity contribution >= 4 is 5.91 Å². The van der Waals surface area contributed by atoms with Crippen LogP contribution in [0.15, 0.2) is 30.3 Å². The van der Waals surface area contributed by atoms with Gasteiger partial charge in [-0.05, 0) is 37.7 Å². The van der Waals surface area contributed by atoms with Crippen molar-refractivity contribution in [2.24, 2.45) is 5.92 Å². The highest BCUT2D eigenvalue weighted by Crippen LogP contribution is 2.28. The van der Waals surface area contributed by atoms with E-state index >= 15 is 0 Å². The average molecular weight is 328 g/mol. The lowest BCUT2D eigenvalue weighted by atomic mass is 9.82. The summed E-state index contributed by atoms with van der Waals surface area (Å²) in [7, 11) is 0. The molecule has 24 heavy (non-hydrogen) atoms. The molecule has 2 saturated heterocycles. The number of benzene rings is 1. The van der Waals surface area contributed by atoms with Gasteiger partial charge in [-0.3, -0.25) is 21.0 Å². The van der Waals surface area contributed by atoms with Crippen molar-refractivity contribution in [3.8, 4) is 0 Å². The van der Waals surface area contributed by atoms with Gasteiger partial charge in [0.15, 0.2) is 0 Å². The molecule has 1 saturated carbocycles. The quantitative estimate of drug-likeness (QED) is 0.682. The second-order valence-electron chi connectivity index (χ2n) is 7.49. The van der Waals surface area contributed by atoms with Gasteiger partial charge in [-0.2, -0.15) is 0 Å². The van der Waals surface area contributed by atoms with Gasteiger partial charge in [-0.15, -0.1) is 0 Å². The minimum absolute atomic E-state index is 0.134. The minimum Gasteiger partial charge on any atom is -0.340 e. The topological polar surface area (TPSA) is 65.2 Å². The maximum absolute atomic E-state index is 12.3. The molecule has 1 aromatic carbocycles. The van der Waals surface area contributed by atoms with Crippen molar-refractivity contribution in [1.29, 1.82) is 0 Å². The zero-order valence-electron chi connectivity index (χ0n) is 14.1. The van der Waals surface area contributed by atoms with Gasteiger partial charge in [0.2, 0.25) is 5.91 Å². The minimum atomic E-state index is 0.134. The Morgan fingerprint density at radius 2 is 1.83 bits per heavy atom. The third-order valence-corrected chi connectivity index (χ3v) is 5.82.